The molecule has 0 radical (unpaired) electrons. The van der Waals surface area contributed by atoms with Crippen molar-refractivity contribution in [3.05, 3.63) is 63.1 Å². The number of carboxylic acid groups (broad SMARTS) is 1. The predicted molar refractivity (Wildman–Crippen MR) is 86.6 cm³/mol. The van der Waals surface area contributed by atoms with Crippen molar-refractivity contribution in [3.63, 3.8) is 0 Å². The highest BCUT2D eigenvalue weighted by molar-refractivity contribution is 6.36. The standard InChI is InChI=1S/C15H12Cl3NO2/c16-10-3-1-4-11(7-10)19(9-15(20)21)8-12-13(17)5-2-6-14(12)18/h1-7H,8-9H2,(H,20,21). The number of carbonyl (C=O) groups is 1. The lowest BCUT2D eigenvalue weighted by Crippen LogP contribution is -2.29. The highest BCUT2D eigenvalue weighted by Gasteiger charge is 2.15. The van der Waals surface area contributed by atoms with Crippen LogP contribution in [0, 0.1) is 0 Å². The van der Waals surface area contributed by atoms with E-state index in [0.717, 1.165) is 0 Å². The zero-order chi connectivity index (χ0) is 15.4. The second-order valence-corrected chi connectivity index (χ2v) is 5.68. The summed E-state index contributed by atoms with van der Waals surface area (Å²) in [5.74, 6) is -0.946. The third-order valence-electron chi connectivity index (χ3n) is 2.91. The summed E-state index contributed by atoms with van der Waals surface area (Å²) in [6.07, 6.45) is 0. The van der Waals surface area contributed by atoms with Crippen LogP contribution in [0.1, 0.15) is 5.56 Å². The van der Waals surface area contributed by atoms with Crippen LogP contribution in [0.25, 0.3) is 0 Å². The molecule has 0 aliphatic rings. The number of anilines is 1. The van der Waals surface area contributed by atoms with Gasteiger partial charge in [-0.25, -0.2) is 0 Å². The summed E-state index contributed by atoms with van der Waals surface area (Å²) >= 11 is 18.3. The number of halogens is 3. The monoisotopic (exact) mass is 343 g/mol. The summed E-state index contributed by atoms with van der Waals surface area (Å²) in [5.41, 5.74) is 1.38. The maximum atomic E-state index is 11.1. The van der Waals surface area contributed by atoms with Gasteiger partial charge >= 0.3 is 5.97 Å². The second-order valence-electron chi connectivity index (χ2n) is 4.43. The van der Waals surface area contributed by atoms with Crippen molar-refractivity contribution >= 4 is 46.5 Å². The molecule has 21 heavy (non-hydrogen) atoms. The van der Waals surface area contributed by atoms with Crippen LogP contribution >= 0.6 is 34.8 Å². The van der Waals surface area contributed by atoms with Gasteiger partial charge in [0.25, 0.3) is 0 Å². The lowest BCUT2D eigenvalue weighted by Gasteiger charge is -2.24. The van der Waals surface area contributed by atoms with Crippen molar-refractivity contribution in [2.45, 2.75) is 6.54 Å². The summed E-state index contributed by atoms with van der Waals surface area (Å²) in [5, 5.41) is 10.6. The van der Waals surface area contributed by atoms with Crippen molar-refractivity contribution in [2.24, 2.45) is 0 Å². The Morgan fingerprint density at radius 1 is 1.05 bits per heavy atom. The fourth-order valence-corrected chi connectivity index (χ4v) is 2.65. The van der Waals surface area contributed by atoms with Crippen LogP contribution < -0.4 is 4.90 Å². The summed E-state index contributed by atoms with van der Waals surface area (Å²) in [4.78, 5) is 12.7. The average Bonchev–Trinajstić information content (AvgIpc) is 2.41. The molecule has 0 fully saturated rings. The SMILES string of the molecule is O=C(O)CN(Cc1c(Cl)cccc1Cl)c1cccc(Cl)c1. The van der Waals surface area contributed by atoms with Gasteiger partial charge in [0.1, 0.15) is 6.54 Å². The zero-order valence-electron chi connectivity index (χ0n) is 10.9. The maximum absolute atomic E-state index is 11.1. The molecular weight excluding hydrogens is 333 g/mol. The van der Waals surface area contributed by atoms with E-state index >= 15 is 0 Å². The molecule has 2 aromatic rings. The zero-order valence-corrected chi connectivity index (χ0v) is 13.2. The molecule has 0 amide bonds. The molecule has 0 unspecified atom stereocenters. The van der Waals surface area contributed by atoms with Crippen LogP contribution in [0.15, 0.2) is 42.5 Å². The molecule has 0 bridgehead atoms. The summed E-state index contributed by atoms with van der Waals surface area (Å²) in [6.45, 7) is 0.104. The summed E-state index contributed by atoms with van der Waals surface area (Å²) in [7, 11) is 0. The Bertz CT molecular complexity index is 641. The minimum atomic E-state index is -0.946. The third kappa shape index (κ3) is 4.27. The fourth-order valence-electron chi connectivity index (χ4n) is 1.95. The van der Waals surface area contributed by atoms with E-state index in [1.807, 2.05) is 0 Å². The number of hydrogen-bond acceptors (Lipinski definition) is 2. The molecule has 0 saturated carbocycles. The first-order chi connectivity index (χ1) is 9.97. The number of carboxylic acids is 1. The van der Waals surface area contributed by atoms with Crippen LogP contribution in [0.3, 0.4) is 0 Å². The molecule has 6 heteroatoms. The van der Waals surface area contributed by atoms with E-state index in [2.05, 4.69) is 0 Å². The minimum Gasteiger partial charge on any atom is -0.480 e. The number of benzene rings is 2. The smallest absolute Gasteiger partial charge is 0.323 e. The van der Waals surface area contributed by atoms with Gasteiger partial charge in [-0.1, -0.05) is 46.9 Å². The molecule has 0 aliphatic carbocycles. The Morgan fingerprint density at radius 2 is 1.67 bits per heavy atom. The van der Waals surface area contributed by atoms with Crippen LogP contribution in [0.4, 0.5) is 5.69 Å². The molecule has 0 atom stereocenters. The number of rotatable bonds is 5. The molecule has 0 aliphatic heterocycles. The van der Waals surface area contributed by atoms with Crippen molar-refractivity contribution in [1.82, 2.24) is 0 Å². The van der Waals surface area contributed by atoms with Gasteiger partial charge in [-0.3, -0.25) is 4.79 Å². The van der Waals surface area contributed by atoms with Gasteiger partial charge in [-0.2, -0.15) is 0 Å². The lowest BCUT2D eigenvalue weighted by atomic mass is 10.2. The summed E-state index contributed by atoms with van der Waals surface area (Å²) < 4.78 is 0. The molecule has 1 N–H and O–H groups in total. The molecule has 0 spiro atoms. The quantitative estimate of drug-likeness (QED) is 0.852. The Morgan fingerprint density at radius 3 is 2.24 bits per heavy atom. The van der Waals surface area contributed by atoms with E-state index in [9.17, 15) is 4.79 Å². The lowest BCUT2D eigenvalue weighted by molar-refractivity contribution is -0.135. The van der Waals surface area contributed by atoms with Gasteiger partial charge in [0, 0.05) is 32.9 Å². The number of hydrogen-bond donors (Lipinski definition) is 1. The molecular formula is C15H12Cl3NO2. The molecule has 3 nitrogen and oxygen atoms in total. The van der Waals surface area contributed by atoms with Gasteiger partial charge < -0.3 is 10.0 Å². The van der Waals surface area contributed by atoms with Gasteiger partial charge in [0.05, 0.1) is 0 Å². The Balaban J connectivity index is 2.35. The van der Waals surface area contributed by atoms with E-state index in [4.69, 9.17) is 39.9 Å². The molecule has 0 saturated heterocycles. The van der Waals surface area contributed by atoms with E-state index in [1.165, 1.54) is 0 Å². The van der Waals surface area contributed by atoms with Crippen molar-refractivity contribution in [3.8, 4) is 0 Å². The molecule has 2 rings (SSSR count). The molecule has 110 valence electrons. The van der Waals surface area contributed by atoms with Gasteiger partial charge in [0.2, 0.25) is 0 Å². The van der Waals surface area contributed by atoms with Gasteiger partial charge in [-0.15, -0.1) is 0 Å². The minimum absolute atomic E-state index is 0.179. The maximum Gasteiger partial charge on any atom is 0.323 e. The fraction of sp³-hybridized carbons (Fsp3) is 0.133. The summed E-state index contributed by atoms with van der Waals surface area (Å²) in [6, 6.07) is 12.2. The Labute approximate surface area is 137 Å². The van der Waals surface area contributed by atoms with E-state index in [-0.39, 0.29) is 13.1 Å². The predicted octanol–water partition coefficient (Wildman–Crippen LogP) is 4.74. The number of aliphatic carboxylic acids is 1. The topological polar surface area (TPSA) is 40.5 Å². The van der Waals surface area contributed by atoms with E-state index in [0.29, 0.717) is 26.3 Å². The largest absolute Gasteiger partial charge is 0.480 e. The highest BCUT2D eigenvalue weighted by atomic mass is 35.5. The molecule has 2 aromatic carbocycles. The van der Waals surface area contributed by atoms with E-state index in [1.54, 1.807) is 47.4 Å². The number of nitrogens with zero attached hydrogens (tertiary/aromatic N) is 1. The van der Waals surface area contributed by atoms with Crippen LogP contribution in [-0.2, 0) is 11.3 Å². The highest BCUT2D eigenvalue weighted by Crippen LogP contribution is 2.28. The average molecular weight is 345 g/mol. The first-order valence-corrected chi connectivity index (χ1v) is 7.26. The van der Waals surface area contributed by atoms with Crippen molar-refractivity contribution < 1.29 is 9.90 Å². The van der Waals surface area contributed by atoms with Crippen LogP contribution in [-0.4, -0.2) is 17.6 Å². The first kappa shape index (κ1) is 16.0. The van der Waals surface area contributed by atoms with Crippen LogP contribution in [0.2, 0.25) is 15.1 Å². The second kappa shape index (κ2) is 7.03. The van der Waals surface area contributed by atoms with Gasteiger partial charge in [0.15, 0.2) is 0 Å². The normalized spacial score (nSPS) is 10.4. The van der Waals surface area contributed by atoms with Crippen LogP contribution in [0.5, 0.6) is 0 Å². The third-order valence-corrected chi connectivity index (χ3v) is 3.85. The Kier molecular flexibility index (Phi) is 5.34. The van der Waals surface area contributed by atoms with E-state index < -0.39 is 5.97 Å². The van der Waals surface area contributed by atoms with Gasteiger partial charge in [-0.05, 0) is 30.3 Å². The first-order valence-electron chi connectivity index (χ1n) is 6.12. The van der Waals surface area contributed by atoms with Crippen molar-refractivity contribution in [2.75, 3.05) is 11.4 Å². The van der Waals surface area contributed by atoms with Crippen molar-refractivity contribution in [1.29, 1.82) is 0 Å². The molecule has 0 aromatic heterocycles. The Hall–Kier alpha value is -1.42. The molecule has 0 heterocycles.